The van der Waals surface area contributed by atoms with Gasteiger partial charge in [0.05, 0.1) is 13.2 Å². The minimum Gasteiger partial charge on any atom is -0.493 e. The molecule has 2 N–H and O–H groups in total. The zero-order valence-electron chi connectivity index (χ0n) is 21.2. The summed E-state index contributed by atoms with van der Waals surface area (Å²) in [5.41, 5.74) is 3.33. The first-order chi connectivity index (χ1) is 17.7. The fourth-order valence-electron chi connectivity index (χ4n) is 4.78. The Bertz CT molecular complexity index is 976. The summed E-state index contributed by atoms with van der Waals surface area (Å²) >= 11 is 0. The van der Waals surface area contributed by atoms with E-state index in [-0.39, 0.29) is 17.9 Å². The summed E-state index contributed by atoms with van der Waals surface area (Å²) in [5.74, 6) is 1.00. The smallest absolute Gasteiger partial charge is 0.234 e. The second kappa shape index (κ2) is 14.0. The molecule has 1 saturated heterocycles. The highest BCUT2D eigenvalue weighted by molar-refractivity contribution is 5.78. The topological polar surface area (TPSA) is 79.9 Å². The average Bonchev–Trinajstić information content (AvgIpc) is 2.90. The van der Waals surface area contributed by atoms with Gasteiger partial charge in [0.25, 0.3) is 0 Å². The first kappa shape index (κ1) is 26.2. The maximum Gasteiger partial charge on any atom is 0.234 e. The van der Waals surface area contributed by atoms with E-state index in [2.05, 4.69) is 39.8 Å². The lowest BCUT2D eigenvalue weighted by Gasteiger charge is -2.24. The molecular weight excluding hydrogens is 454 g/mol. The van der Waals surface area contributed by atoms with Crippen LogP contribution in [-0.4, -0.2) is 55.7 Å². The first-order valence-corrected chi connectivity index (χ1v) is 13.3. The van der Waals surface area contributed by atoms with E-state index in [1.807, 2.05) is 24.3 Å². The number of hydrogen-bond acceptors (Lipinski definition) is 5. The molecule has 2 amide bonds. The van der Waals surface area contributed by atoms with Crippen molar-refractivity contribution >= 4 is 11.8 Å². The number of nitrogens with one attached hydrogen (secondary N) is 2. The van der Waals surface area contributed by atoms with Gasteiger partial charge < -0.3 is 20.1 Å². The molecule has 0 aliphatic carbocycles. The number of rotatable bonds is 6. The Kier molecular flexibility index (Phi) is 10.2. The molecule has 0 unspecified atom stereocenters. The Morgan fingerprint density at radius 2 is 1.81 bits per heavy atom. The zero-order chi connectivity index (χ0) is 25.0. The summed E-state index contributed by atoms with van der Waals surface area (Å²) in [4.78, 5) is 27.4. The second-order valence-electron chi connectivity index (χ2n) is 9.79. The van der Waals surface area contributed by atoms with Gasteiger partial charge in [-0.2, -0.15) is 0 Å². The molecular formula is C29H39N3O4. The Labute approximate surface area is 214 Å². The van der Waals surface area contributed by atoms with Crippen molar-refractivity contribution in [1.82, 2.24) is 15.5 Å². The lowest BCUT2D eigenvalue weighted by molar-refractivity contribution is -0.123. The van der Waals surface area contributed by atoms with E-state index in [0.29, 0.717) is 58.8 Å². The molecule has 0 radical (unpaired) electrons. The van der Waals surface area contributed by atoms with Gasteiger partial charge in [-0.3, -0.25) is 14.5 Å². The number of amides is 2. The van der Waals surface area contributed by atoms with E-state index >= 15 is 0 Å². The third-order valence-corrected chi connectivity index (χ3v) is 6.76. The lowest BCUT2D eigenvalue weighted by atomic mass is 10.0. The number of carbonyl (C=O) groups excluding carboxylic acids is 2. The normalized spacial score (nSPS) is 18.5. The van der Waals surface area contributed by atoms with Crippen LogP contribution in [-0.2, 0) is 33.8 Å². The van der Waals surface area contributed by atoms with Gasteiger partial charge >= 0.3 is 0 Å². The molecule has 7 nitrogen and oxygen atoms in total. The Morgan fingerprint density at radius 3 is 2.64 bits per heavy atom. The van der Waals surface area contributed by atoms with Crippen molar-refractivity contribution in [1.29, 1.82) is 0 Å². The Morgan fingerprint density at radius 1 is 0.972 bits per heavy atom. The lowest BCUT2D eigenvalue weighted by Crippen LogP contribution is -2.38. The molecule has 1 fully saturated rings. The fraction of sp³-hybridized carbons (Fsp3) is 0.517. The van der Waals surface area contributed by atoms with Gasteiger partial charge in [0.15, 0.2) is 0 Å². The predicted molar refractivity (Wildman–Crippen MR) is 140 cm³/mol. The second-order valence-corrected chi connectivity index (χ2v) is 9.79. The summed E-state index contributed by atoms with van der Waals surface area (Å²) in [6.07, 6.45) is 5.81. The van der Waals surface area contributed by atoms with Crippen LogP contribution in [0.2, 0.25) is 0 Å². The van der Waals surface area contributed by atoms with Crippen LogP contribution < -0.4 is 15.4 Å². The number of hydrogen-bond donors (Lipinski definition) is 2. The minimum absolute atomic E-state index is 0.0496. The van der Waals surface area contributed by atoms with Crippen molar-refractivity contribution in [3.05, 3.63) is 65.2 Å². The fourth-order valence-corrected chi connectivity index (χ4v) is 4.78. The number of nitrogens with zero attached hydrogens (tertiary/aromatic N) is 1. The highest BCUT2D eigenvalue weighted by atomic mass is 16.5. The van der Waals surface area contributed by atoms with Crippen LogP contribution in [0.1, 0.15) is 55.2 Å². The van der Waals surface area contributed by atoms with Gasteiger partial charge in [-0.25, -0.2) is 0 Å². The largest absolute Gasteiger partial charge is 0.493 e. The number of benzene rings is 2. The highest BCUT2D eigenvalue weighted by Gasteiger charge is 2.18. The van der Waals surface area contributed by atoms with Gasteiger partial charge in [-0.1, -0.05) is 42.5 Å². The van der Waals surface area contributed by atoms with E-state index in [0.717, 1.165) is 54.5 Å². The average molecular weight is 494 g/mol. The van der Waals surface area contributed by atoms with Crippen LogP contribution in [0.15, 0.2) is 48.5 Å². The SMILES string of the molecule is O=C1CN(Cc2ccccc2)Cc2cc(CCC(=O)NC3CCOCC3)ccc2OCCCCCN1. The van der Waals surface area contributed by atoms with Crippen molar-refractivity contribution in [3.63, 3.8) is 0 Å². The van der Waals surface area contributed by atoms with Crippen LogP contribution in [0.4, 0.5) is 0 Å². The van der Waals surface area contributed by atoms with E-state index in [1.165, 1.54) is 0 Å². The van der Waals surface area contributed by atoms with E-state index in [4.69, 9.17) is 9.47 Å². The summed E-state index contributed by atoms with van der Waals surface area (Å²) in [5, 5.41) is 6.21. The Hall–Kier alpha value is -2.90. The molecule has 2 aromatic rings. The van der Waals surface area contributed by atoms with Crippen LogP contribution in [0.3, 0.4) is 0 Å². The van der Waals surface area contributed by atoms with Crippen molar-refractivity contribution in [2.24, 2.45) is 0 Å². The molecule has 0 aromatic heterocycles. The number of ether oxygens (including phenoxy) is 2. The summed E-state index contributed by atoms with van der Waals surface area (Å²) < 4.78 is 11.6. The molecule has 2 aliphatic rings. The number of aryl methyl sites for hydroxylation is 1. The zero-order valence-corrected chi connectivity index (χ0v) is 21.2. The van der Waals surface area contributed by atoms with Gasteiger partial charge in [0.1, 0.15) is 5.75 Å². The Balaban J connectivity index is 1.46. The molecule has 0 bridgehead atoms. The van der Waals surface area contributed by atoms with Crippen molar-refractivity contribution in [2.45, 2.75) is 64.1 Å². The molecule has 4 rings (SSSR count). The summed E-state index contributed by atoms with van der Waals surface area (Å²) in [7, 11) is 0. The van der Waals surface area contributed by atoms with Gasteiger partial charge in [0, 0.05) is 50.9 Å². The maximum absolute atomic E-state index is 12.7. The van der Waals surface area contributed by atoms with Crippen LogP contribution in [0.25, 0.3) is 0 Å². The van der Waals surface area contributed by atoms with Crippen molar-refractivity contribution in [3.8, 4) is 5.75 Å². The molecule has 2 heterocycles. The molecule has 194 valence electrons. The first-order valence-electron chi connectivity index (χ1n) is 13.3. The third-order valence-electron chi connectivity index (χ3n) is 6.76. The van der Waals surface area contributed by atoms with Gasteiger partial charge in [0.2, 0.25) is 11.8 Å². The molecule has 0 saturated carbocycles. The van der Waals surface area contributed by atoms with Crippen LogP contribution in [0.5, 0.6) is 5.75 Å². The predicted octanol–water partition coefficient (Wildman–Crippen LogP) is 3.60. The van der Waals surface area contributed by atoms with Crippen molar-refractivity contribution in [2.75, 3.05) is 32.9 Å². The van der Waals surface area contributed by atoms with Gasteiger partial charge in [-0.05, 0) is 55.7 Å². The van der Waals surface area contributed by atoms with Gasteiger partial charge in [-0.15, -0.1) is 0 Å². The van der Waals surface area contributed by atoms with Crippen molar-refractivity contribution < 1.29 is 19.1 Å². The van der Waals surface area contributed by atoms with Crippen LogP contribution >= 0.6 is 0 Å². The van der Waals surface area contributed by atoms with Crippen LogP contribution in [0, 0.1) is 0 Å². The van der Waals surface area contributed by atoms with E-state index in [1.54, 1.807) is 0 Å². The molecule has 2 aliphatic heterocycles. The molecule has 7 heteroatoms. The molecule has 0 atom stereocenters. The molecule has 36 heavy (non-hydrogen) atoms. The number of fused-ring (bicyclic) bond motifs is 1. The summed E-state index contributed by atoms with van der Waals surface area (Å²) in [6.45, 7) is 4.38. The summed E-state index contributed by atoms with van der Waals surface area (Å²) in [6, 6.07) is 16.7. The van der Waals surface area contributed by atoms with E-state index in [9.17, 15) is 9.59 Å². The number of carbonyl (C=O) groups is 2. The molecule has 2 aromatic carbocycles. The quantitative estimate of drug-likeness (QED) is 0.643. The highest BCUT2D eigenvalue weighted by Crippen LogP contribution is 2.24. The standard InChI is InChI=1S/C29H39N3O4/c33-28(31-26-13-17-35-18-14-26)12-10-23-9-11-27-25(19-23)21-32(20-24-7-3-1-4-8-24)22-29(34)30-15-5-2-6-16-36-27/h1,3-4,7-9,11,19,26H,2,5-6,10,12-18,20-22H2,(H,30,34)(H,31,33). The van der Waals surface area contributed by atoms with E-state index < -0.39 is 0 Å². The minimum atomic E-state index is 0.0496. The third kappa shape index (κ3) is 8.64. The monoisotopic (exact) mass is 493 g/mol. The molecule has 0 spiro atoms. The maximum atomic E-state index is 12.7.